The summed E-state index contributed by atoms with van der Waals surface area (Å²) in [6.07, 6.45) is 0. The Morgan fingerprint density at radius 3 is 2.72 bits per heavy atom. The highest BCUT2D eigenvalue weighted by Crippen LogP contribution is 2.17. The molecule has 3 aromatic rings. The maximum Gasteiger partial charge on any atom is 0.280 e. The van der Waals surface area contributed by atoms with Gasteiger partial charge in [-0.05, 0) is 29.8 Å². The Balaban J connectivity index is 1.77. The van der Waals surface area contributed by atoms with Crippen LogP contribution >= 0.6 is 15.9 Å². The number of hydrogen-bond acceptors (Lipinski definition) is 4. The number of hydrogen-bond donors (Lipinski definition) is 2. The summed E-state index contributed by atoms with van der Waals surface area (Å²) < 4.78 is 28.4. The molecule has 3 N–H and O–H groups in total. The SMILES string of the molecule is Nc1c(C(=O)Nc2ccc(F)c(F)c2)nnn1Cc1cccc(Br)c1. The minimum atomic E-state index is -1.07. The third-order valence-electron chi connectivity index (χ3n) is 3.39. The number of nitrogens with two attached hydrogens (primary N) is 1. The molecule has 0 unspecified atom stereocenters. The Kier molecular flexibility index (Phi) is 4.75. The average molecular weight is 408 g/mol. The van der Waals surface area contributed by atoms with Gasteiger partial charge in [-0.15, -0.1) is 5.10 Å². The van der Waals surface area contributed by atoms with E-state index < -0.39 is 17.5 Å². The lowest BCUT2D eigenvalue weighted by molar-refractivity contribution is 0.102. The van der Waals surface area contributed by atoms with Crippen LogP contribution in [-0.2, 0) is 6.54 Å². The number of amides is 1. The lowest BCUT2D eigenvalue weighted by atomic mass is 10.2. The van der Waals surface area contributed by atoms with Crippen LogP contribution in [0.25, 0.3) is 0 Å². The quantitative estimate of drug-likeness (QED) is 0.695. The fourth-order valence-electron chi connectivity index (χ4n) is 2.17. The summed E-state index contributed by atoms with van der Waals surface area (Å²) in [6.45, 7) is 0.330. The average Bonchev–Trinajstić information content (AvgIpc) is 2.92. The molecular formula is C16H12BrF2N5O. The van der Waals surface area contributed by atoms with E-state index in [1.54, 1.807) is 0 Å². The molecule has 0 spiro atoms. The lowest BCUT2D eigenvalue weighted by Gasteiger charge is -2.06. The number of nitrogen functional groups attached to an aromatic ring is 1. The number of rotatable bonds is 4. The van der Waals surface area contributed by atoms with Crippen molar-refractivity contribution in [1.82, 2.24) is 15.0 Å². The number of halogens is 3. The van der Waals surface area contributed by atoms with E-state index in [-0.39, 0.29) is 17.2 Å². The third-order valence-corrected chi connectivity index (χ3v) is 3.88. The van der Waals surface area contributed by atoms with Crippen LogP contribution in [0.3, 0.4) is 0 Å². The Morgan fingerprint density at radius 2 is 2.00 bits per heavy atom. The van der Waals surface area contributed by atoms with Gasteiger partial charge in [0.15, 0.2) is 23.1 Å². The van der Waals surface area contributed by atoms with Crippen LogP contribution in [-0.4, -0.2) is 20.9 Å². The van der Waals surface area contributed by atoms with Gasteiger partial charge in [-0.3, -0.25) is 4.79 Å². The van der Waals surface area contributed by atoms with Crippen LogP contribution in [0.1, 0.15) is 16.1 Å². The van der Waals surface area contributed by atoms with Crippen LogP contribution in [0.4, 0.5) is 20.3 Å². The molecule has 1 aromatic heterocycles. The highest BCUT2D eigenvalue weighted by atomic mass is 79.9. The Hall–Kier alpha value is -2.81. The largest absolute Gasteiger partial charge is 0.382 e. The standard InChI is InChI=1S/C16H12BrF2N5O/c17-10-3-1-2-9(6-10)8-24-15(20)14(22-23-24)16(25)21-11-4-5-12(18)13(19)7-11/h1-7H,8,20H2,(H,21,25). The first-order chi connectivity index (χ1) is 11.9. The minimum absolute atomic E-state index is 0.0695. The topological polar surface area (TPSA) is 85.8 Å². The molecule has 2 aromatic carbocycles. The van der Waals surface area contributed by atoms with Gasteiger partial charge in [-0.1, -0.05) is 33.3 Å². The minimum Gasteiger partial charge on any atom is -0.382 e. The Bertz CT molecular complexity index is 944. The summed E-state index contributed by atoms with van der Waals surface area (Å²) in [5.74, 6) is -2.66. The maximum atomic E-state index is 13.2. The highest BCUT2D eigenvalue weighted by Gasteiger charge is 2.18. The molecule has 9 heteroatoms. The van der Waals surface area contributed by atoms with Crippen LogP contribution in [0, 0.1) is 11.6 Å². The van der Waals surface area contributed by atoms with Crippen LogP contribution in [0.2, 0.25) is 0 Å². The van der Waals surface area contributed by atoms with Gasteiger partial charge in [0.05, 0.1) is 6.54 Å². The molecule has 1 heterocycles. The first-order valence-electron chi connectivity index (χ1n) is 7.14. The normalized spacial score (nSPS) is 10.7. The van der Waals surface area contributed by atoms with Crippen LogP contribution in [0.5, 0.6) is 0 Å². The molecular weight excluding hydrogens is 396 g/mol. The zero-order chi connectivity index (χ0) is 18.0. The van der Waals surface area contributed by atoms with Crippen molar-refractivity contribution < 1.29 is 13.6 Å². The van der Waals surface area contributed by atoms with E-state index in [4.69, 9.17) is 5.73 Å². The molecule has 0 fully saturated rings. The van der Waals surface area contributed by atoms with Crippen molar-refractivity contribution in [2.45, 2.75) is 6.54 Å². The maximum absolute atomic E-state index is 13.2. The number of carbonyl (C=O) groups excluding carboxylic acids is 1. The first-order valence-corrected chi connectivity index (χ1v) is 7.93. The van der Waals surface area contributed by atoms with Crippen molar-refractivity contribution in [3.63, 3.8) is 0 Å². The van der Waals surface area contributed by atoms with Gasteiger partial charge in [0, 0.05) is 16.2 Å². The molecule has 0 saturated heterocycles. The molecule has 0 atom stereocenters. The van der Waals surface area contributed by atoms with Crippen molar-refractivity contribution in [3.8, 4) is 0 Å². The zero-order valence-electron chi connectivity index (χ0n) is 12.7. The van der Waals surface area contributed by atoms with E-state index in [1.165, 1.54) is 10.7 Å². The fraction of sp³-hybridized carbons (Fsp3) is 0.0625. The van der Waals surface area contributed by atoms with Gasteiger partial charge in [0.25, 0.3) is 5.91 Å². The Morgan fingerprint density at radius 1 is 1.20 bits per heavy atom. The number of nitrogens with zero attached hydrogens (tertiary/aromatic N) is 3. The van der Waals surface area contributed by atoms with Gasteiger partial charge < -0.3 is 11.1 Å². The van der Waals surface area contributed by atoms with Gasteiger partial charge >= 0.3 is 0 Å². The van der Waals surface area contributed by atoms with E-state index >= 15 is 0 Å². The molecule has 25 heavy (non-hydrogen) atoms. The summed E-state index contributed by atoms with van der Waals surface area (Å²) in [6, 6.07) is 10.5. The van der Waals surface area contributed by atoms with Gasteiger partial charge in [-0.25, -0.2) is 13.5 Å². The number of benzene rings is 2. The van der Waals surface area contributed by atoms with Crippen molar-refractivity contribution in [2.75, 3.05) is 11.1 Å². The highest BCUT2D eigenvalue weighted by molar-refractivity contribution is 9.10. The molecule has 0 aliphatic rings. The number of anilines is 2. The molecule has 3 rings (SSSR count). The molecule has 128 valence electrons. The predicted octanol–water partition coefficient (Wildman–Crippen LogP) is 3.20. The van der Waals surface area contributed by atoms with Crippen molar-refractivity contribution in [2.24, 2.45) is 0 Å². The van der Waals surface area contributed by atoms with E-state index in [1.807, 2.05) is 24.3 Å². The monoisotopic (exact) mass is 407 g/mol. The second-order valence-electron chi connectivity index (χ2n) is 5.19. The smallest absolute Gasteiger partial charge is 0.280 e. The third kappa shape index (κ3) is 3.82. The van der Waals surface area contributed by atoms with E-state index in [2.05, 4.69) is 31.6 Å². The summed E-state index contributed by atoms with van der Waals surface area (Å²) in [4.78, 5) is 12.2. The first kappa shape index (κ1) is 17.0. The van der Waals surface area contributed by atoms with Gasteiger partial charge in [0.1, 0.15) is 0 Å². The summed E-state index contributed by atoms with van der Waals surface area (Å²) in [5.41, 5.74) is 6.83. The number of nitrogens with one attached hydrogen (secondary N) is 1. The van der Waals surface area contributed by atoms with Gasteiger partial charge in [-0.2, -0.15) is 0 Å². The summed E-state index contributed by atoms with van der Waals surface area (Å²) in [5, 5.41) is 10.0. The van der Waals surface area contributed by atoms with Crippen molar-refractivity contribution in [3.05, 3.63) is 69.8 Å². The molecule has 0 aliphatic heterocycles. The number of carbonyl (C=O) groups is 1. The molecule has 0 saturated carbocycles. The second kappa shape index (κ2) is 6.98. The number of aromatic nitrogens is 3. The predicted molar refractivity (Wildman–Crippen MR) is 92.0 cm³/mol. The fourth-order valence-corrected chi connectivity index (χ4v) is 2.62. The van der Waals surface area contributed by atoms with E-state index in [0.717, 1.165) is 22.2 Å². The van der Waals surface area contributed by atoms with Crippen molar-refractivity contribution >= 4 is 33.3 Å². The van der Waals surface area contributed by atoms with Crippen molar-refractivity contribution in [1.29, 1.82) is 0 Å². The van der Waals surface area contributed by atoms with Crippen LogP contribution < -0.4 is 11.1 Å². The lowest BCUT2D eigenvalue weighted by Crippen LogP contribution is -2.15. The molecule has 0 aliphatic carbocycles. The molecule has 6 nitrogen and oxygen atoms in total. The van der Waals surface area contributed by atoms with Gasteiger partial charge in [0.2, 0.25) is 0 Å². The summed E-state index contributed by atoms with van der Waals surface area (Å²) >= 11 is 3.37. The second-order valence-corrected chi connectivity index (χ2v) is 6.11. The van der Waals surface area contributed by atoms with Crippen LogP contribution in [0.15, 0.2) is 46.9 Å². The molecule has 1 amide bonds. The summed E-state index contributed by atoms with van der Waals surface area (Å²) in [7, 11) is 0. The Labute approximate surface area is 149 Å². The molecule has 0 radical (unpaired) electrons. The zero-order valence-corrected chi connectivity index (χ0v) is 14.3. The van der Waals surface area contributed by atoms with E-state index in [0.29, 0.717) is 6.54 Å². The van der Waals surface area contributed by atoms with E-state index in [9.17, 15) is 13.6 Å². The molecule has 0 bridgehead atoms.